The summed E-state index contributed by atoms with van der Waals surface area (Å²) >= 11 is 0. The van der Waals surface area contributed by atoms with E-state index in [0.29, 0.717) is 12.0 Å². The van der Waals surface area contributed by atoms with Crippen LogP contribution in [-0.2, 0) is 11.3 Å². The van der Waals surface area contributed by atoms with E-state index in [1.165, 1.54) is 32.4 Å². The van der Waals surface area contributed by atoms with Gasteiger partial charge in [-0.2, -0.15) is 0 Å². The van der Waals surface area contributed by atoms with Crippen LogP contribution in [0.3, 0.4) is 0 Å². The van der Waals surface area contributed by atoms with Crippen LogP contribution in [0.25, 0.3) is 0 Å². The lowest BCUT2D eigenvalue weighted by molar-refractivity contribution is 0.0627. The fraction of sp³-hybridized carbons (Fsp3) is 0.682. The minimum atomic E-state index is -0.188. The number of carbonyl (C=O) groups is 1. The van der Waals surface area contributed by atoms with E-state index >= 15 is 0 Å². The molecule has 2 aliphatic heterocycles. The van der Waals surface area contributed by atoms with Gasteiger partial charge < -0.3 is 15.0 Å². The Bertz CT molecular complexity index is 547. The number of benzene rings is 1. The number of carbonyl (C=O) groups excluding carboxylic acids is 1. The summed E-state index contributed by atoms with van der Waals surface area (Å²) < 4.78 is 5.35. The Balaban J connectivity index is 0.000000254. The largest absolute Gasteiger partial charge is 0.445 e. The topological polar surface area (TPSA) is 41.6 Å². The van der Waals surface area contributed by atoms with Gasteiger partial charge in [-0.3, -0.25) is 0 Å². The molecular weight excluding hydrogens is 324 g/mol. The van der Waals surface area contributed by atoms with Gasteiger partial charge in [0.05, 0.1) is 0 Å². The lowest BCUT2D eigenvalue weighted by Gasteiger charge is -2.37. The van der Waals surface area contributed by atoms with Crippen molar-refractivity contribution in [2.24, 2.45) is 10.8 Å². The van der Waals surface area contributed by atoms with E-state index in [0.717, 1.165) is 25.1 Å². The molecule has 146 valence electrons. The van der Waals surface area contributed by atoms with Crippen molar-refractivity contribution < 1.29 is 9.53 Å². The van der Waals surface area contributed by atoms with Crippen LogP contribution in [0.4, 0.5) is 4.79 Å². The molecule has 1 amide bonds. The van der Waals surface area contributed by atoms with E-state index < -0.39 is 0 Å². The van der Waals surface area contributed by atoms with Crippen LogP contribution in [0.15, 0.2) is 30.3 Å². The Morgan fingerprint density at radius 3 is 2.31 bits per heavy atom. The van der Waals surface area contributed by atoms with Crippen LogP contribution in [0.1, 0.15) is 58.9 Å². The minimum absolute atomic E-state index is 0.188. The Kier molecular flexibility index (Phi) is 7.51. The van der Waals surface area contributed by atoms with Crippen molar-refractivity contribution in [3.63, 3.8) is 0 Å². The van der Waals surface area contributed by atoms with Gasteiger partial charge in [0.15, 0.2) is 0 Å². The van der Waals surface area contributed by atoms with Gasteiger partial charge in [-0.1, -0.05) is 58.0 Å². The SMILES string of the molecule is CC1(C)CCCN(C(=O)OCc2ccccc2)C1.CC1(C)CCCNC1. The average Bonchev–Trinajstić information content (AvgIpc) is 2.60. The second-order valence-corrected chi connectivity index (χ2v) is 9.17. The highest BCUT2D eigenvalue weighted by Gasteiger charge is 2.29. The third-order valence-electron chi connectivity index (χ3n) is 5.17. The number of hydrogen-bond acceptors (Lipinski definition) is 3. The maximum absolute atomic E-state index is 12.0. The molecule has 0 unspecified atom stereocenters. The van der Waals surface area contributed by atoms with E-state index in [2.05, 4.69) is 33.0 Å². The number of rotatable bonds is 2. The van der Waals surface area contributed by atoms with E-state index in [-0.39, 0.29) is 11.5 Å². The summed E-state index contributed by atoms with van der Waals surface area (Å²) in [6.45, 7) is 13.4. The van der Waals surface area contributed by atoms with Gasteiger partial charge in [0.25, 0.3) is 0 Å². The van der Waals surface area contributed by atoms with Gasteiger partial charge in [0.2, 0.25) is 0 Å². The molecule has 0 atom stereocenters. The van der Waals surface area contributed by atoms with Crippen LogP contribution in [0.5, 0.6) is 0 Å². The molecule has 26 heavy (non-hydrogen) atoms. The molecule has 2 heterocycles. The standard InChI is InChI=1S/C15H21NO2.C7H15N/c1-15(2)9-6-10-16(12-15)14(17)18-11-13-7-4-3-5-8-13;1-7(2)4-3-5-8-6-7/h3-5,7-8H,6,9-12H2,1-2H3;8H,3-6H2,1-2H3. The lowest BCUT2D eigenvalue weighted by Crippen LogP contribution is -2.43. The fourth-order valence-corrected chi connectivity index (χ4v) is 3.60. The maximum atomic E-state index is 12.0. The highest BCUT2D eigenvalue weighted by molar-refractivity contribution is 5.67. The number of hydrogen-bond donors (Lipinski definition) is 1. The van der Waals surface area contributed by atoms with Crippen molar-refractivity contribution in [2.75, 3.05) is 26.2 Å². The third-order valence-corrected chi connectivity index (χ3v) is 5.17. The minimum Gasteiger partial charge on any atom is -0.445 e. The smallest absolute Gasteiger partial charge is 0.410 e. The molecule has 3 rings (SSSR count). The molecule has 2 fully saturated rings. The maximum Gasteiger partial charge on any atom is 0.410 e. The van der Waals surface area contributed by atoms with Gasteiger partial charge in [0, 0.05) is 19.6 Å². The molecule has 2 aliphatic rings. The molecule has 0 aliphatic carbocycles. The van der Waals surface area contributed by atoms with Gasteiger partial charge >= 0.3 is 6.09 Å². The summed E-state index contributed by atoms with van der Waals surface area (Å²) in [5, 5.41) is 3.38. The molecule has 0 bridgehead atoms. The normalized spacial score (nSPS) is 21.3. The summed E-state index contributed by atoms with van der Waals surface area (Å²) in [5.41, 5.74) is 1.81. The van der Waals surface area contributed by atoms with Crippen LogP contribution in [0.2, 0.25) is 0 Å². The summed E-state index contributed by atoms with van der Waals surface area (Å²) in [7, 11) is 0. The number of likely N-dealkylation sites (tertiary alicyclic amines) is 1. The summed E-state index contributed by atoms with van der Waals surface area (Å²) in [6, 6.07) is 9.79. The first-order valence-corrected chi connectivity index (χ1v) is 9.94. The van der Waals surface area contributed by atoms with Crippen LogP contribution < -0.4 is 5.32 Å². The van der Waals surface area contributed by atoms with Crippen LogP contribution >= 0.6 is 0 Å². The van der Waals surface area contributed by atoms with Crippen molar-refractivity contribution in [3.8, 4) is 0 Å². The number of ether oxygens (including phenoxy) is 1. The summed E-state index contributed by atoms with van der Waals surface area (Å²) in [4.78, 5) is 13.8. The molecule has 4 nitrogen and oxygen atoms in total. The van der Waals surface area contributed by atoms with E-state index in [1.807, 2.05) is 35.2 Å². The molecule has 1 aromatic rings. The zero-order chi connectivity index (χ0) is 19.0. The fourth-order valence-electron chi connectivity index (χ4n) is 3.60. The second kappa shape index (κ2) is 9.40. The first-order chi connectivity index (χ1) is 12.3. The molecule has 4 heteroatoms. The zero-order valence-electron chi connectivity index (χ0n) is 17.0. The van der Waals surface area contributed by atoms with Crippen molar-refractivity contribution in [1.29, 1.82) is 0 Å². The van der Waals surface area contributed by atoms with E-state index in [1.54, 1.807) is 0 Å². The quantitative estimate of drug-likeness (QED) is 0.820. The van der Waals surface area contributed by atoms with Gasteiger partial charge in [-0.05, 0) is 48.6 Å². The lowest BCUT2D eigenvalue weighted by atomic mass is 9.84. The number of piperidine rings is 2. The molecule has 0 radical (unpaired) electrons. The molecule has 0 spiro atoms. The summed E-state index contributed by atoms with van der Waals surface area (Å²) in [6.07, 6.45) is 4.79. The predicted molar refractivity (Wildman–Crippen MR) is 107 cm³/mol. The number of nitrogens with zero attached hydrogens (tertiary/aromatic N) is 1. The van der Waals surface area contributed by atoms with E-state index in [4.69, 9.17) is 4.74 Å². The monoisotopic (exact) mass is 360 g/mol. The Labute approximate surface area is 159 Å². The van der Waals surface area contributed by atoms with Gasteiger partial charge in [-0.25, -0.2) is 4.79 Å². The van der Waals surface area contributed by atoms with Crippen molar-refractivity contribution in [3.05, 3.63) is 35.9 Å². The second-order valence-electron chi connectivity index (χ2n) is 9.17. The molecular formula is C22H36N2O2. The Morgan fingerprint density at radius 1 is 1.08 bits per heavy atom. The summed E-state index contributed by atoms with van der Waals surface area (Å²) in [5.74, 6) is 0. The Morgan fingerprint density at radius 2 is 1.77 bits per heavy atom. The molecule has 2 saturated heterocycles. The number of nitrogens with one attached hydrogen (secondary N) is 1. The van der Waals surface area contributed by atoms with Crippen molar-refractivity contribution in [2.45, 2.75) is 60.0 Å². The molecule has 0 aromatic heterocycles. The molecule has 1 N–H and O–H groups in total. The zero-order valence-corrected chi connectivity index (χ0v) is 17.0. The molecule has 1 aromatic carbocycles. The predicted octanol–water partition coefficient (Wildman–Crippen LogP) is 4.84. The highest BCUT2D eigenvalue weighted by atomic mass is 16.6. The van der Waals surface area contributed by atoms with E-state index in [9.17, 15) is 4.79 Å². The average molecular weight is 361 g/mol. The number of amides is 1. The first kappa shape index (κ1) is 20.8. The van der Waals surface area contributed by atoms with Gasteiger partial charge in [0.1, 0.15) is 6.61 Å². The van der Waals surface area contributed by atoms with Crippen molar-refractivity contribution in [1.82, 2.24) is 10.2 Å². The Hall–Kier alpha value is -1.55. The first-order valence-electron chi connectivity index (χ1n) is 9.94. The van der Waals surface area contributed by atoms with Crippen LogP contribution in [0, 0.1) is 10.8 Å². The van der Waals surface area contributed by atoms with Crippen LogP contribution in [-0.4, -0.2) is 37.2 Å². The molecule has 0 saturated carbocycles. The third kappa shape index (κ3) is 7.36. The van der Waals surface area contributed by atoms with Gasteiger partial charge in [-0.15, -0.1) is 0 Å². The van der Waals surface area contributed by atoms with Crippen molar-refractivity contribution >= 4 is 6.09 Å². The highest BCUT2D eigenvalue weighted by Crippen LogP contribution is 2.28.